The minimum absolute atomic E-state index is 0.0446. The van der Waals surface area contributed by atoms with Gasteiger partial charge in [-0.05, 0) is 0 Å². The van der Waals surface area contributed by atoms with Gasteiger partial charge in [-0.15, -0.1) is 0 Å². The fourth-order valence-corrected chi connectivity index (χ4v) is 1.44. The second kappa shape index (κ2) is 3.09. The summed E-state index contributed by atoms with van der Waals surface area (Å²) in [5, 5.41) is 15.2. The summed E-state index contributed by atoms with van der Waals surface area (Å²) in [4.78, 5) is 19.5. The van der Waals surface area contributed by atoms with E-state index in [9.17, 15) is 18.4 Å². The molecule has 0 aliphatic carbocycles. The molecule has 1 aromatic rings. The minimum atomic E-state index is -1.82. The maximum absolute atomic E-state index is 12.8. The molecule has 2 N–H and O–H groups in total. The molecule has 1 heterocycles. The van der Waals surface area contributed by atoms with Gasteiger partial charge < -0.3 is 10.2 Å². The maximum Gasteiger partial charge on any atom is 0.349 e. The zero-order chi connectivity index (χ0) is 10.2. The van der Waals surface area contributed by atoms with Crippen LogP contribution in [0.3, 0.4) is 0 Å². The van der Waals surface area contributed by atoms with Crippen molar-refractivity contribution in [2.24, 2.45) is 0 Å². The molecule has 7 heteroatoms. The van der Waals surface area contributed by atoms with Crippen molar-refractivity contribution in [1.29, 1.82) is 0 Å². The Bertz CT molecular complexity index is 384. The minimum Gasteiger partial charge on any atom is -0.477 e. The normalized spacial score (nSPS) is 10.0. The molecule has 4 nitrogen and oxygen atoms in total. The molecule has 0 saturated heterocycles. The fourth-order valence-electron chi connectivity index (χ4n) is 0.701. The van der Waals surface area contributed by atoms with Gasteiger partial charge in [-0.2, -0.15) is 4.39 Å². The Labute approximate surface area is 74.0 Å². The largest absolute Gasteiger partial charge is 0.477 e. The molecule has 0 radical (unpaired) electrons. The van der Waals surface area contributed by atoms with Crippen LogP contribution in [0.1, 0.15) is 20.0 Å². The lowest BCUT2D eigenvalue weighted by molar-refractivity contribution is 0.0688. The number of carbonyl (C=O) groups is 2. The van der Waals surface area contributed by atoms with E-state index in [-0.39, 0.29) is 11.3 Å². The highest BCUT2D eigenvalue weighted by molar-refractivity contribution is 7.12. The SMILES string of the molecule is O=C(O)c1sc(F)c(C(=O)O)c1F. The quantitative estimate of drug-likeness (QED) is 0.770. The molecule has 0 aromatic carbocycles. The lowest BCUT2D eigenvalue weighted by Gasteiger charge is -1.88. The number of aromatic carboxylic acids is 2. The fraction of sp³-hybridized carbons (Fsp3) is 0. The third kappa shape index (κ3) is 1.50. The molecule has 0 spiro atoms. The molecular formula is C6H2F2O4S. The van der Waals surface area contributed by atoms with Crippen molar-refractivity contribution >= 4 is 23.3 Å². The van der Waals surface area contributed by atoms with Crippen LogP contribution in [-0.4, -0.2) is 22.2 Å². The molecule has 0 aliphatic rings. The van der Waals surface area contributed by atoms with Gasteiger partial charge in [0.25, 0.3) is 0 Å². The van der Waals surface area contributed by atoms with Crippen molar-refractivity contribution in [3.8, 4) is 0 Å². The van der Waals surface area contributed by atoms with Crippen LogP contribution >= 0.6 is 11.3 Å². The van der Waals surface area contributed by atoms with Crippen molar-refractivity contribution < 1.29 is 28.6 Å². The highest BCUT2D eigenvalue weighted by Crippen LogP contribution is 2.25. The van der Waals surface area contributed by atoms with Crippen LogP contribution < -0.4 is 0 Å². The van der Waals surface area contributed by atoms with Crippen LogP contribution in [0.5, 0.6) is 0 Å². The van der Waals surface area contributed by atoms with Gasteiger partial charge in [0.1, 0.15) is 5.56 Å². The molecule has 0 fully saturated rings. The van der Waals surface area contributed by atoms with E-state index in [1.54, 1.807) is 0 Å². The van der Waals surface area contributed by atoms with Gasteiger partial charge in [0, 0.05) is 0 Å². The lowest BCUT2D eigenvalue weighted by Crippen LogP contribution is -2.02. The highest BCUT2D eigenvalue weighted by atomic mass is 32.1. The molecule has 1 aromatic heterocycles. The summed E-state index contributed by atoms with van der Waals surface area (Å²) in [6.45, 7) is 0. The Morgan fingerprint density at radius 1 is 1.15 bits per heavy atom. The molecule has 0 amide bonds. The van der Waals surface area contributed by atoms with E-state index in [0.29, 0.717) is 0 Å². The molecule has 0 unspecified atom stereocenters. The zero-order valence-corrected chi connectivity index (χ0v) is 6.69. The molecule has 0 aliphatic heterocycles. The standard InChI is InChI=1S/C6H2F2O4S/c7-2-1(5(9)10)4(8)13-3(2)6(11)12/h(H,9,10)(H,11,12). The highest BCUT2D eigenvalue weighted by Gasteiger charge is 2.27. The first kappa shape index (κ1) is 9.59. The Balaban J connectivity index is 3.39. The van der Waals surface area contributed by atoms with Crippen LogP contribution in [0, 0.1) is 10.9 Å². The van der Waals surface area contributed by atoms with E-state index in [1.165, 1.54) is 0 Å². The second-order valence-corrected chi connectivity index (χ2v) is 2.97. The molecule has 0 bridgehead atoms. The van der Waals surface area contributed by atoms with Crippen molar-refractivity contribution in [3.63, 3.8) is 0 Å². The van der Waals surface area contributed by atoms with Crippen molar-refractivity contribution in [3.05, 3.63) is 21.4 Å². The summed E-state index contributed by atoms with van der Waals surface area (Å²) in [6.07, 6.45) is 0. The summed E-state index contributed by atoms with van der Waals surface area (Å²) in [5.41, 5.74) is -1.22. The number of rotatable bonds is 2. The lowest BCUT2D eigenvalue weighted by atomic mass is 10.3. The van der Waals surface area contributed by atoms with E-state index in [4.69, 9.17) is 10.2 Å². The summed E-state index contributed by atoms with van der Waals surface area (Å²) in [5.74, 6) is -5.05. The first-order valence-corrected chi connectivity index (χ1v) is 3.71. The summed E-state index contributed by atoms with van der Waals surface area (Å²) in [6, 6.07) is 0. The number of thiophene rings is 1. The first-order valence-electron chi connectivity index (χ1n) is 2.89. The van der Waals surface area contributed by atoms with Crippen LogP contribution in [0.25, 0.3) is 0 Å². The van der Waals surface area contributed by atoms with E-state index in [0.717, 1.165) is 0 Å². The van der Waals surface area contributed by atoms with Crippen LogP contribution in [0.4, 0.5) is 8.78 Å². The van der Waals surface area contributed by atoms with E-state index >= 15 is 0 Å². The zero-order valence-electron chi connectivity index (χ0n) is 5.88. The average Bonchev–Trinajstić information content (AvgIpc) is 2.26. The van der Waals surface area contributed by atoms with Crippen LogP contribution in [-0.2, 0) is 0 Å². The van der Waals surface area contributed by atoms with Crippen LogP contribution in [0.15, 0.2) is 0 Å². The van der Waals surface area contributed by atoms with Crippen molar-refractivity contribution in [1.82, 2.24) is 0 Å². The van der Waals surface area contributed by atoms with Crippen molar-refractivity contribution in [2.75, 3.05) is 0 Å². The smallest absolute Gasteiger partial charge is 0.349 e. The molecule has 70 valence electrons. The maximum atomic E-state index is 12.8. The third-order valence-electron chi connectivity index (χ3n) is 1.22. The van der Waals surface area contributed by atoms with Crippen molar-refractivity contribution in [2.45, 2.75) is 0 Å². The predicted octanol–water partition coefficient (Wildman–Crippen LogP) is 1.42. The summed E-state index contributed by atoms with van der Waals surface area (Å²) >= 11 is -0.0446. The molecule has 0 atom stereocenters. The molecule has 13 heavy (non-hydrogen) atoms. The number of hydrogen-bond acceptors (Lipinski definition) is 3. The van der Waals surface area contributed by atoms with Gasteiger partial charge in [-0.25, -0.2) is 14.0 Å². The average molecular weight is 208 g/mol. The van der Waals surface area contributed by atoms with E-state index in [1.807, 2.05) is 0 Å². The number of hydrogen-bond donors (Lipinski definition) is 2. The van der Waals surface area contributed by atoms with Crippen LogP contribution in [0.2, 0.25) is 0 Å². The number of carboxylic acids is 2. The molecule has 1 rings (SSSR count). The Morgan fingerprint density at radius 3 is 1.92 bits per heavy atom. The van der Waals surface area contributed by atoms with Gasteiger partial charge in [0.2, 0.25) is 0 Å². The van der Waals surface area contributed by atoms with Gasteiger partial charge >= 0.3 is 11.9 Å². The molecule has 0 saturated carbocycles. The Morgan fingerprint density at radius 2 is 1.69 bits per heavy atom. The number of halogens is 2. The summed E-state index contributed by atoms with van der Waals surface area (Å²) < 4.78 is 25.4. The second-order valence-electron chi connectivity index (χ2n) is 2.00. The van der Waals surface area contributed by atoms with Gasteiger partial charge in [-0.1, -0.05) is 11.3 Å². The summed E-state index contributed by atoms with van der Waals surface area (Å²) in [7, 11) is 0. The topological polar surface area (TPSA) is 74.6 Å². The monoisotopic (exact) mass is 208 g/mol. The number of carboxylic acid groups (broad SMARTS) is 2. The van der Waals surface area contributed by atoms with E-state index < -0.39 is 33.3 Å². The van der Waals surface area contributed by atoms with Gasteiger partial charge in [-0.3, -0.25) is 0 Å². The predicted molar refractivity (Wildman–Crippen MR) is 38.2 cm³/mol. The van der Waals surface area contributed by atoms with Gasteiger partial charge in [0.15, 0.2) is 15.8 Å². The molecular weight excluding hydrogens is 206 g/mol. The van der Waals surface area contributed by atoms with Gasteiger partial charge in [0.05, 0.1) is 0 Å². The Kier molecular flexibility index (Phi) is 2.28. The third-order valence-corrected chi connectivity index (χ3v) is 2.16. The Hall–Kier alpha value is -1.50. The van der Waals surface area contributed by atoms with E-state index in [2.05, 4.69) is 0 Å². The first-order chi connectivity index (χ1) is 5.95.